The fourth-order valence-electron chi connectivity index (χ4n) is 4.11. The van der Waals surface area contributed by atoms with E-state index in [4.69, 9.17) is 0 Å². The van der Waals surface area contributed by atoms with Gasteiger partial charge in [0.15, 0.2) is 0 Å². The van der Waals surface area contributed by atoms with Crippen molar-refractivity contribution in [3.63, 3.8) is 0 Å². The normalized spacial score (nSPS) is 36.5. The number of aliphatic hydroxyl groups is 1. The number of nitrogens with one attached hydrogen (secondary N) is 1. The number of fused-ring (bicyclic) bond motifs is 1. The second kappa shape index (κ2) is 5.25. The van der Waals surface area contributed by atoms with Gasteiger partial charge >= 0.3 is 0 Å². The van der Waals surface area contributed by atoms with E-state index in [-0.39, 0.29) is 6.10 Å². The van der Waals surface area contributed by atoms with Gasteiger partial charge in [-0.3, -0.25) is 0 Å². The van der Waals surface area contributed by atoms with E-state index in [0.29, 0.717) is 0 Å². The predicted molar refractivity (Wildman–Crippen MR) is 68.9 cm³/mol. The quantitative estimate of drug-likeness (QED) is 0.769. The summed E-state index contributed by atoms with van der Waals surface area (Å²) in [6, 6.07) is 0. The van der Waals surface area contributed by atoms with Gasteiger partial charge in [-0.15, -0.1) is 0 Å². The van der Waals surface area contributed by atoms with Gasteiger partial charge in [0, 0.05) is 19.6 Å². The average Bonchev–Trinajstić information content (AvgIpc) is 2.92. The Hall–Kier alpha value is -0.120. The van der Waals surface area contributed by atoms with E-state index in [1.54, 1.807) is 0 Å². The second-order valence-electron chi connectivity index (χ2n) is 6.44. The molecule has 3 aliphatic rings. The molecule has 0 aromatic heterocycles. The number of aliphatic hydroxyl groups excluding tert-OH is 1. The number of β-amino-alcohol motifs (C(OH)–C–C–N with tert-alkyl or cyclic N) is 1. The lowest BCUT2D eigenvalue weighted by atomic mass is 10.00. The number of nitrogens with zero attached hydrogens (tertiary/aromatic N) is 1. The summed E-state index contributed by atoms with van der Waals surface area (Å²) < 4.78 is 0. The number of hydrogen-bond acceptors (Lipinski definition) is 3. The second-order valence-corrected chi connectivity index (χ2v) is 6.44. The van der Waals surface area contributed by atoms with Crippen LogP contribution in [0.25, 0.3) is 0 Å². The van der Waals surface area contributed by atoms with E-state index in [2.05, 4.69) is 10.2 Å². The van der Waals surface area contributed by atoms with Crippen LogP contribution in [-0.2, 0) is 0 Å². The molecule has 3 rings (SSSR count). The predicted octanol–water partition coefficient (Wildman–Crippen LogP) is 1.08. The van der Waals surface area contributed by atoms with E-state index in [0.717, 1.165) is 30.7 Å². The van der Waals surface area contributed by atoms with Crippen LogP contribution in [0.5, 0.6) is 0 Å². The van der Waals surface area contributed by atoms with Crippen LogP contribution in [0.3, 0.4) is 0 Å². The Morgan fingerprint density at radius 3 is 2.41 bits per heavy atom. The van der Waals surface area contributed by atoms with Crippen LogP contribution in [-0.4, -0.2) is 48.8 Å². The lowest BCUT2D eigenvalue weighted by Crippen LogP contribution is -2.33. The van der Waals surface area contributed by atoms with Crippen molar-refractivity contribution in [3.8, 4) is 0 Å². The van der Waals surface area contributed by atoms with Gasteiger partial charge in [-0.05, 0) is 37.3 Å². The van der Waals surface area contributed by atoms with Crippen molar-refractivity contribution in [2.75, 3.05) is 32.7 Å². The molecule has 98 valence electrons. The lowest BCUT2D eigenvalue weighted by Gasteiger charge is -2.22. The molecule has 2 N–H and O–H groups in total. The van der Waals surface area contributed by atoms with Crippen LogP contribution in [0.2, 0.25) is 0 Å². The van der Waals surface area contributed by atoms with E-state index < -0.39 is 0 Å². The molecule has 1 aliphatic carbocycles. The molecule has 3 heteroatoms. The summed E-state index contributed by atoms with van der Waals surface area (Å²) in [5.41, 5.74) is 0. The molecular weight excluding hydrogens is 212 g/mol. The third kappa shape index (κ3) is 2.83. The first-order valence-electron chi connectivity index (χ1n) is 7.42. The minimum Gasteiger partial charge on any atom is -0.392 e. The first-order valence-corrected chi connectivity index (χ1v) is 7.42. The molecule has 1 unspecified atom stereocenters. The van der Waals surface area contributed by atoms with Crippen molar-refractivity contribution in [1.82, 2.24) is 10.2 Å². The molecule has 2 heterocycles. The van der Waals surface area contributed by atoms with Crippen molar-refractivity contribution in [1.29, 1.82) is 0 Å². The maximum atomic E-state index is 10.2. The van der Waals surface area contributed by atoms with Crippen molar-refractivity contribution in [3.05, 3.63) is 0 Å². The average molecular weight is 238 g/mol. The van der Waals surface area contributed by atoms with Gasteiger partial charge in [0.25, 0.3) is 0 Å². The Morgan fingerprint density at radius 1 is 1.12 bits per heavy atom. The minimum atomic E-state index is -0.0788. The highest BCUT2D eigenvalue weighted by Crippen LogP contribution is 2.30. The molecule has 3 nitrogen and oxygen atoms in total. The molecule has 3 atom stereocenters. The molecule has 0 aromatic rings. The summed E-state index contributed by atoms with van der Waals surface area (Å²) in [5, 5.41) is 13.6. The standard InChI is InChI=1S/C14H26N2O/c17-14(5-11-3-1-2-4-11)10-16-8-12-6-15-7-13(12)9-16/h11-15,17H,1-10H2/t12-,13+,14?. The van der Waals surface area contributed by atoms with E-state index >= 15 is 0 Å². The van der Waals surface area contributed by atoms with Crippen molar-refractivity contribution in [2.24, 2.45) is 17.8 Å². The van der Waals surface area contributed by atoms with Gasteiger partial charge in [-0.1, -0.05) is 25.7 Å². The van der Waals surface area contributed by atoms with E-state index in [1.807, 2.05) is 0 Å². The first-order chi connectivity index (χ1) is 8.31. The molecule has 3 fully saturated rings. The summed E-state index contributed by atoms with van der Waals surface area (Å²) in [6.07, 6.45) is 6.45. The molecular formula is C14H26N2O. The Kier molecular flexibility index (Phi) is 3.69. The minimum absolute atomic E-state index is 0.0788. The smallest absolute Gasteiger partial charge is 0.0669 e. The third-order valence-electron chi connectivity index (χ3n) is 5.01. The lowest BCUT2D eigenvalue weighted by molar-refractivity contribution is 0.0982. The van der Waals surface area contributed by atoms with Crippen molar-refractivity contribution < 1.29 is 5.11 Å². The zero-order valence-corrected chi connectivity index (χ0v) is 10.8. The van der Waals surface area contributed by atoms with E-state index in [1.165, 1.54) is 51.9 Å². The molecule has 0 amide bonds. The first kappa shape index (κ1) is 11.9. The Morgan fingerprint density at radius 2 is 1.76 bits per heavy atom. The largest absolute Gasteiger partial charge is 0.392 e. The molecule has 2 aliphatic heterocycles. The van der Waals surface area contributed by atoms with Gasteiger partial charge in [0.1, 0.15) is 0 Å². The maximum absolute atomic E-state index is 10.2. The van der Waals surface area contributed by atoms with Crippen LogP contribution in [0, 0.1) is 17.8 Å². The fraction of sp³-hybridized carbons (Fsp3) is 1.00. The maximum Gasteiger partial charge on any atom is 0.0669 e. The Labute approximate surface area is 105 Å². The highest BCUT2D eigenvalue weighted by atomic mass is 16.3. The van der Waals surface area contributed by atoms with Gasteiger partial charge in [0.2, 0.25) is 0 Å². The molecule has 0 aromatic carbocycles. The van der Waals surface area contributed by atoms with Crippen LogP contribution in [0.1, 0.15) is 32.1 Å². The highest BCUT2D eigenvalue weighted by Gasteiger charge is 2.36. The zero-order chi connectivity index (χ0) is 11.7. The van der Waals surface area contributed by atoms with Gasteiger partial charge in [-0.2, -0.15) is 0 Å². The third-order valence-corrected chi connectivity index (χ3v) is 5.01. The molecule has 2 saturated heterocycles. The summed E-state index contributed by atoms with van der Waals surface area (Å²) in [4.78, 5) is 2.50. The molecule has 17 heavy (non-hydrogen) atoms. The zero-order valence-electron chi connectivity index (χ0n) is 10.8. The van der Waals surface area contributed by atoms with Crippen LogP contribution >= 0.6 is 0 Å². The van der Waals surface area contributed by atoms with Gasteiger partial charge in [0.05, 0.1) is 6.10 Å². The summed E-state index contributed by atoms with van der Waals surface area (Å²) in [5.74, 6) is 2.52. The van der Waals surface area contributed by atoms with Gasteiger partial charge in [-0.25, -0.2) is 0 Å². The summed E-state index contributed by atoms with van der Waals surface area (Å²) >= 11 is 0. The SMILES string of the molecule is OC(CC1CCCC1)CN1C[C@H]2CNC[C@H]2C1. The van der Waals surface area contributed by atoms with Crippen LogP contribution in [0.15, 0.2) is 0 Å². The van der Waals surface area contributed by atoms with E-state index in [9.17, 15) is 5.11 Å². The van der Waals surface area contributed by atoms with Gasteiger partial charge < -0.3 is 15.3 Å². The monoisotopic (exact) mass is 238 g/mol. The van der Waals surface area contributed by atoms with Crippen molar-refractivity contribution >= 4 is 0 Å². The Balaban J connectivity index is 1.41. The van der Waals surface area contributed by atoms with Crippen LogP contribution < -0.4 is 5.32 Å². The van der Waals surface area contributed by atoms with Crippen LogP contribution in [0.4, 0.5) is 0 Å². The molecule has 0 radical (unpaired) electrons. The number of likely N-dealkylation sites (tertiary alicyclic amines) is 1. The molecule has 0 spiro atoms. The fourth-order valence-corrected chi connectivity index (χ4v) is 4.11. The molecule has 0 bridgehead atoms. The topological polar surface area (TPSA) is 35.5 Å². The highest BCUT2D eigenvalue weighted by molar-refractivity contribution is 4.91. The Bertz CT molecular complexity index is 241. The van der Waals surface area contributed by atoms with Crippen molar-refractivity contribution in [2.45, 2.75) is 38.2 Å². The summed E-state index contributed by atoms with van der Waals surface area (Å²) in [6.45, 7) is 5.72. The molecule has 1 saturated carbocycles. The number of hydrogen-bond donors (Lipinski definition) is 2. The number of rotatable bonds is 4. The summed E-state index contributed by atoms with van der Waals surface area (Å²) in [7, 11) is 0.